The van der Waals surface area contributed by atoms with Crippen molar-refractivity contribution in [3.05, 3.63) is 22.7 Å². The maximum Gasteiger partial charge on any atom is 0.243 e. The number of hydrogen-bond acceptors (Lipinski definition) is 3. The normalized spacial score (nSPS) is 12.9. The summed E-state index contributed by atoms with van der Waals surface area (Å²) in [5.74, 6) is 2.42. The Morgan fingerprint density at radius 2 is 2.22 bits per heavy atom. The fourth-order valence-electron chi connectivity index (χ4n) is 1.46. The summed E-state index contributed by atoms with van der Waals surface area (Å²) in [6.07, 6.45) is 6.68. The van der Waals surface area contributed by atoms with Crippen molar-refractivity contribution in [3.63, 3.8) is 0 Å². The largest absolute Gasteiger partial charge is 0.398 e. The van der Waals surface area contributed by atoms with E-state index in [4.69, 9.17) is 12.2 Å². The van der Waals surface area contributed by atoms with Crippen molar-refractivity contribution in [3.8, 4) is 12.3 Å². The number of sulfonamides is 1. The van der Waals surface area contributed by atoms with E-state index in [0.717, 1.165) is 6.42 Å². The first-order chi connectivity index (χ1) is 8.40. The van der Waals surface area contributed by atoms with E-state index < -0.39 is 16.1 Å². The predicted octanol–water partition coefficient (Wildman–Crippen LogP) is 2.11. The third-order valence-corrected chi connectivity index (χ3v) is 4.36. The first kappa shape index (κ1) is 15.0. The zero-order chi connectivity index (χ0) is 13.8. The summed E-state index contributed by atoms with van der Waals surface area (Å²) in [5, 5.41) is 0. The molecular weight excluding hydrogens is 316 g/mol. The average molecular weight is 331 g/mol. The molecule has 4 nitrogen and oxygen atoms in total. The third kappa shape index (κ3) is 3.73. The van der Waals surface area contributed by atoms with Crippen molar-refractivity contribution >= 4 is 31.6 Å². The van der Waals surface area contributed by atoms with Crippen LogP contribution in [0.25, 0.3) is 0 Å². The van der Waals surface area contributed by atoms with E-state index in [-0.39, 0.29) is 10.6 Å². The van der Waals surface area contributed by atoms with Gasteiger partial charge in [0, 0.05) is 4.47 Å². The van der Waals surface area contributed by atoms with E-state index >= 15 is 0 Å². The Bertz CT molecular complexity index is 564. The molecule has 1 aromatic rings. The molecule has 1 unspecified atom stereocenters. The Hall–Kier alpha value is -1.03. The van der Waals surface area contributed by atoms with Crippen LogP contribution in [0.2, 0.25) is 0 Å². The van der Waals surface area contributed by atoms with E-state index in [0.29, 0.717) is 10.9 Å². The zero-order valence-corrected chi connectivity index (χ0v) is 12.4. The van der Waals surface area contributed by atoms with Gasteiger partial charge in [-0.05, 0) is 24.6 Å². The first-order valence-corrected chi connectivity index (χ1v) is 7.71. The molecule has 0 spiro atoms. The summed E-state index contributed by atoms with van der Waals surface area (Å²) in [7, 11) is -3.69. The highest BCUT2D eigenvalue weighted by Gasteiger charge is 2.21. The molecule has 0 fully saturated rings. The summed E-state index contributed by atoms with van der Waals surface area (Å²) in [5.41, 5.74) is 5.87. The van der Waals surface area contributed by atoms with Crippen LogP contribution in [0.15, 0.2) is 27.6 Å². The molecule has 0 radical (unpaired) electrons. The molecule has 1 rings (SSSR count). The Labute approximate surface area is 116 Å². The van der Waals surface area contributed by atoms with Crippen LogP contribution in [0.5, 0.6) is 0 Å². The van der Waals surface area contributed by atoms with Gasteiger partial charge in [0.2, 0.25) is 10.0 Å². The van der Waals surface area contributed by atoms with Crippen LogP contribution in [0.3, 0.4) is 0 Å². The molecule has 0 amide bonds. The highest BCUT2D eigenvalue weighted by molar-refractivity contribution is 9.10. The minimum absolute atomic E-state index is 0.0354. The van der Waals surface area contributed by atoms with Gasteiger partial charge in [0.1, 0.15) is 4.90 Å². The van der Waals surface area contributed by atoms with Crippen LogP contribution in [0.1, 0.15) is 19.8 Å². The lowest BCUT2D eigenvalue weighted by Crippen LogP contribution is -2.34. The number of nitrogens with one attached hydrogen (secondary N) is 1. The number of nitrogen functional groups attached to an aromatic ring is 1. The number of rotatable bonds is 5. The van der Waals surface area contributed by atoms with Crippen LogP contribution in [-0.4, -0.2) is 14.5 Å². The fraction of sp³-hybridized carbons (Fsp3) is 0.333. The maximum atomic E-state index is 12.1. The van der Waals surface area contributed by atoms with Gasteiger partial charge in [0.25, 0.3) is 0 Å². The summed E-state index contributed by atoms with van der Waals surface area (Å²) in [6, 6.07) is 4.15. The second-order valence-corrected chi connectivity index (χ2v) is 6.41. The monoisotopic (exact) mass is 330 g/mol. The number of anilines is 1. The lowest BCUT2D eigenvalue weighted by molar-refractivity contribution is 0.564. The highest BCUT2D eigenvalue weighted by Crippen LogP contribution is 2.23. The van der Waals surface area contributed by atoms with Gasteiger partial charge in [-0.25, -0.2) is 8.42 Å². The standard InChI is InChI=1S/C12H15BrN2O2S/c1-3-5-10(4-2)15-18(16,17)12-8-9(13)6-7-11(12)14/h2,6-8,10,15H,3,5,14H2,1H3. The molecule has 3 N–H and O–H groups in total. The molecule has 0 aromatic heterocycles. The molecule has 0 aliphatic rings. The zero-order valence-electron chi connectivity index (χ0n) is 9.98. The minimum Gasteiger partial charge on any atom is -0.398 e. The molecule has 0 heterocycles. The Morgan fingerprint density at radius 1 is 1.56 bits per heavy atom. The van der Waals surface area contributed by atoms with Gasteiger partial charge < -0.3 is 5.73 Å². The average Bonchev–Trinajstić information content (AvgIpc) is 2.31. The number of benzene rings is 1. The van der Waals surface area contributed by atoms with Gasteiger partial charge in [0.05, 0.1) is 11.7 Å². The van der Waals surface area contributed by atoms with Crippen LogP contribution < -0.4 is 10.5 Å². The lowest BCUT2D eigenvalue weighted by Gasteiger charge is -2.14. The Balaban J connectivity index is 3.07. The molecule has 0 aliphatic carbocycles. The quantitative estimate of drug-likeness (QED) is 0.641. The van der Waals surface area contributed by atoms with Crippen molar-refractivity contribution in [2.75, 3.05) is 5.73 Å². The Morgan fingerprint density at radius 3 is 2.78 bits per heavy atom. The summed E-state index contributed by atoms with van der Waals surface area (Å²) < 4.78 is 27.4. The Kier molecular flexibility index (Phi) is 5.20. The van der Waals surface area contributed by atoms with Gasteiger partial charge >= 0.3 is 0 Å². The van der Waals surface area contributed by atoms with E-state index in [1.54, 1.807) is 6.07 Å². The minimum atomic E-state index is -3.69. The van der Waals surface area contributed by atoms with Crippen molar-refractivity contribution in [2.24, 2.45) is 0 Å². The molecule has 0 aliphatic heterocycles. The van der Waals surface area contributed by atoms with Gasteiger partial charge in [0.15, 0.2) is 0 Å². The topological polar surface area (TPSA) is 72.2 Å². The van der Waals surface area contributed by atoms with Crippen molar-refractivity contribution in [1.29, 1.82) is 0 Å². The van der Waals surface area contributed by atoms with Gasteiger partial charge in [-0.15, -0.1) is 6.42 Å². The number of nitrogens with two attached hydrogens (primary N) is 1. The maximum absolute atomic E-state index is 12.1. The SMILES string of the molecule is C#CC(CCC)NS(=O)(=O)c1cc(Br)ccc1N. The smallest absolute Gasteiger partial charge is 0.243 e. The summed E-state index contributed by atoms with van der Waals surface area (Å²) >= 11 is 3.21. The van der Waals surface area contributed by atoms with Crippen LogP contribution in [-0.2, 0) is 10.0 Å². The van der Waals surface area contributed by atoms with Gasteiger partial charge in [-0.2, -0.15) is 4.72 Å². The molecule has 98 valence electrons. The van der Waals surface area contributed by atoms with Gasteiger partial charge in [-0.1, -0.05) is 35.2 Å². The molecule has 0 saturated carbocycles. The molecule has 1 atom stereocenters. The molecule has 0 bridgehead atoms. The summed E-state index contributed by atoms with van der Waals surface area (Å²) in [6.45, 7) is 1.94. The molecule has 1 aromatic carbocycles. The van der Waals surface area contributed by atoms with E-state index in [1.165, 1.54) is 12.1 Å². The van der Waals surface area contributed by atoms with Crippen LogP contribution >= 0.6 is 15.9 Å². The second-order valence-electron chi connectivity index (χ2n) is 3.81. The predicted molar refractivity (Wildman–Crippen MR) is 76.4 cm³/mol. The number of halogens is 1. The number of hydrogen-bond donors (Lipinski definition) is 2. The van der Waals surface area contributed by atoms with Gasteiger partial charge in [-0.3, -0.25) is 0 Å². The van der Waals surface area contributed by atoms with Crippen molar-refractivity contribution in [2.45, 2.75) is 30.7 Å². The van der Waals surface area contributed by atoms with Crippen LogP contribution in [0, 0.1) is 12.3 Å². The molecular formula is C12H15BrN2O2S. The van der Waals surface area contributed by atoms with Crippen molar-refractivity contribution < 1.29 is 8.42 Å². The summed E-state index contributed by atoms with van der Waals surface area (Å²) in [4.78, 5) is 0.0354. The number of terminal acetylenes is 1. The van der Waals surface area contributed by atoms with Crippen molar-refractivity contribution in [1.82, 2.24) is 4.72 Å². The second kappa shape index (κ2) is 6.23. The molecule has 18 heavy (non-hydrogen) atoms. The molecule has 0 saturated heterocycles. The van der Waals surface area contributed by atoms with E-state index in [9.17, 15) is 8.42 Å². The highest BCUT2D eigenvalue weighted by atomic mass is 79.9. The third-order valence-electron chi connectivity index (χ3n) is 2.34. The first-order valence-electron chi connectivity index (χ1n) is 5.44. The lowest BCUT2D eigenvalue weighted by atomic mass is 10.2. The molecule has 6 heteroatoms. The fourth-order valence-corrected chi connectivity index (χ4v) is 3.32. The van der Waals surface area contributed by atoms with Crippen LogP contribution in [0.4, 0.5) is 5.69 Å². The van der Waals surface area contributed by atoms with E-state index in [1.807, 2.05) is 6.92 Å². The van der Waals surface area contributed by atoms with E-state index in [2.05, 4.69) is 26.6 Å².